The first-order chi connectivity index (χ1) is 19.9. The maximum absolute atomic E-state index is 14.2. The first-order valence-electron chi connectivity index (χ1n) is 14.4. The highest BCUT2D eigenvalue weighted by atomic mass is 35.5. The molecule has 1 saturated carbocycles. The number of halogens is 1. The summed E-state index contributed by atoms with van der Waals surface area (Å²) < 4.78 is 1.49. The van der Waals surface area contributed by atoms with Crippen LogP contribution in [0.15, 0.2) is 30.6 Å². The molecule has 2 fully saturated rings. The molecule has 1 aromatic carbocycles. The molecule has 1 saturated heterocycles. The number of fused-ring (bicyclic) bond motifs is 1. The zero-order valence-electron chi connectivity index (χ0n) is 22.6. The molecule has 2 N–H and O–H groups in total. The Balaban J connectivity index is 1.21. The summed E-state index contributed by atoms with van der Waals surface area (Å²) in [6.45, 7) is 1.20. The summed E-state index contributed by atoms with van der Waals surface area (Å²) in [6.07, 6.45) is 8.87. The molecule has 0 bridgehead atoms. The van der Waals surface area contributed by atoms with E-state index in [-0.39, 0.29) is 23.7 Å². The van der Waals surface area contributed by atoms with Crippen LogP contribution in [-0.4, -0.2) is 65.8 Å². The Morgan fingerprint density at radius 3 is 2.51 bits per heavy atom. The van der Waals surface area contributed by atoms with Gasteiger partial charge in [-0.25, -0.2) is 0 Å². The molecule has 1 aliphatic heterocycles. The lowest BCUT2D eigenvalue weighted by Crippen LogP contribution is -2.51. The van der Waals surface area contributed by atoms with Gasteiger partial charge in [0.15, 0.2) is 0 Å². The van der Waals surface area contributed by atoms with Gasteiger partial charge in [0.05, 0.1) is 33.8 Å². The SMILES string of the molecule is O=C(O)C1CC=C(c2nn(C(=O)c3c(Cl)cccc3C3CC3)c3c2CCC(C(=O)N2CC(c4nnc[nH]4)C2)C3)CC1. The van der Waals surface area contributed by atoms with Crippen molar-refractivity contribution in [3.8, 4) is 0 Å². The number of carboxylic acid groups (broad SMARTS) is 1. The smallest absolute Gasteiger partial charge is 0.306 e. The molecular weight excluding hydrogens is 544 g/mol. The minimum absolute atomic E-state index is 0.0887. The minimum Gasteiger partial charge on any atom is -0.481 e. The van der Waals surface area contributed by atoms with Gasteiger partial charge in [-0.3, -0.25) is 14.4 Å². The van der Waals surface area contributed by atoms with E-state index in [0.29, 0.717) is 68.1 Å². The Kier molecular flexibility index (Phi) is 6.53. The number of carboxylic acids is 1. The number of carbonyl (C=O) groups is 3. The summed E-state index contributed by atoms with van der Waals surface area (Å²) in [4.78, 5) is 44.2. The van der Waals surface area contributed by atoms with Crippen molar-refractivity contribution in [1.29, 1.82) is 0 Å². The number of carbonyl (C=O) groups excluding carboxylic acids is 2. The molecule has 3 aliphatic carbocycles. The van der Waals surface area contributed by atoms with Crippen LogP contribution in [0.3, 0.4) is 0 Å². The van der Waals surface area contributed by atoms with Gasteiger partial charge >= 0.3 is 5.97 Å². The zero-order chi connectivity index (χ0) is 28.2. The molecule has 41 heavy (non-hydrogen) atoms. The number of aromatic amines is 1. The summed E-state index contributed by atoms with van der Waals surface area (Å²) in [7, 11) is 0. The third kappa shape index (κ3) is 4.67. The van der Waals surface area contributed by atoms with E-state index in [1.165, 1.54) is 4.68 Å². The zero-order valence-corrected chi connectivity index (χ0v) is 23.3. The number of rotatable bonds is 6. The predicted molar refractivity (Wildman–Crippen MR) is 150 cm³/mol. The van der Waals surface area contributed by atoms with Gasteiger partial charge < -0.3 is 15.0 Å². The molecule has 0 spiro atoms. The van der Waals surface area contributed by atoms with Gasteiger partial charge in [0.1, 0.15) is 12.2 Å². The molecule has 2 atom stereocenters. The van der Waals surface area contributed by atoms with Crippen LogP contribution in [0.4, 0.5) is 0 Å². The highest BCUT2D eigenvalue weighted by Crippen LogP contribution is 2.44. The molecule has 3 aromatic rings. The maximum Gasteiger partial charge on any atom is 0.306 e. The first-order valence-corrected chi connectivity index (χ1v) is 14.8. The maximum atomic E-state index is 14.2. The quantitative estimate of drug-likeness (QED) is 0.450. The number of nitrogens with one attached hydrogen (secondary N) is 1. The second-order valence-corrected chi connectivity index (χ2v) is 12.2. The number of aromatic nitrogens is 5. The Hall–Kier alpha value is -3.79. The van der Waals surface area contributed by atoms with E-state index in [1.54, 1.807) is 12.4 Å². The minimum atomic E-state index is -0.785. The summed E-state index contributed by atoms with van der Waals surface area (Å²) in [5, 5.41) is 22.7. The number of benzene rings is 1. The largest absolute Gasteiger partial charge is 0.481 e. The molecule has 2 aromatic heterocycles. The summed E-state index contributed by atoms with van der Waals surface area (Å²) >= 11 is 6.63. The summed E-state index contributed by atoms with van der Waals surface area (Å²) in [5.41, 5.74) is 4.95. The molecule has 10 nitrogen and oxygen atoms in total. The van der Waals surface area contributed by atoms with Crippen molar-refractivity contribution in [3.05, 3.63) is 69.5 Å². The molecule has 11 heteroatoms. The second kappa shape index (κ2) is 10.2. The third-order valence-corrected chi connectivity index (χ3v) is 9.49. The Morgan fingerprint density at radius 2 is 1.83 bits per heavy atom. The van der Waals surface area contributed by atoms with Crippen molar-refractivity contribution in [2.75, 3.05) is 13.1 Å². The van der Waals surface area contributed by atoms with Gasteiger partial charge in [-0.2, -0.15) is 9.78 Å². The number of likely N-dealkylation sites (tertiary alicyclic amines) is 1. The second-order valence-electron chi connectivity index (χ2n) is 11.8. The summed E-state index contributed by atoms with van der Waals surface area (Å²) in [6, 6.07) is 5.61. The molecule has 3 heterocycles. The Morgan fingerprint density at radius 1 is 1.02 bits per heavy atom. The van der Waals surface area contributed by atoms with Crippen LogP contribution >= 0.6 is 11.6 Å². The van der Waals surface area contributed by atoms with E-state index in [2.05, 4.69) is 15.2 Å². The highest BCUT2D eigenvalue weighted by molar-refractivity contribution is 6.34. The highest BCUT2D eigenvalue weighted by Gasteiger charge is 2.40. The van der Waals surface area contributed by atoms with Gasteiger partial charge in [0.2, 0.25) is 5.91 Å². The fourth-order valence-corrected chi connectivity index (χ4v) is 6.90. The van der Waals surface area contributed by atoms with Crippen LogP contribution in [0.2, 0.25) is 5.02 Å². The van der Waals surface area contributed by atoms with Crippen molar-refractivity contribution < 1.29 is 19.5 Å². The van der Waals surface area contributed by atoms with Gasteiger partial charge in [-0.1, -0.05) is 29.8 Å². The standard InChI is InChI=1S/C30H31ClN6O4/c31-23-3-1-2-21(16-4-5-16)25(23)29(39)37-24-12-19(28(38)36-13-20(14-36)27-32-15-33-34-27)10-11-22(24)26(35-37)17-6-8-18(9-7-17)30(40)41/h1-3,6,15-16,18-20H,4-5,7-14H2,(H,40,41)(H,32,33,34). The number of amides is 1. The lowest BCUT2D eigenvalue weighted by molar-refractivity contribution is -0.142. The lowest BCUT2D eigenvalue weighted by atomic mass is 9.81. The van der Waals surface area contributed by atoms with E-state index >= 15 is 0 Å². The third-order valence-electron chi connectivity index (χ3n) is 9.17. The molecule has 1 amide bonds. The first kappa shape index (κ1) is 26.1. The van der Waals surface area contributed by atoms with Gasteiger partial charge in [-0.15, -0.1) is 10.2 Å². The van der Waals surface area contributed by atoms with Crippen molar-refractivity contribution in [2.45, 2.75) is 63.2 Å². The van der Waals surface area contributed by atoms with Gasteiger partial charge in [0, 0.05) is 31.0 Å². The van der Waals surface area contributed by atoms with Crippen LogP contribution in [0.1, 0.15) is 89.1 Å². The fourth-order valence-electron chi connectivity index (χ4n) is 6.63. The molecule has 0 radical (unpaired) electrons. The van der Waals surface area contributed by atoms with Crippen LogP contribution in [0.25, 0.3) is 5.57 Å². The van der Waals surface area contributed by atoms with Crippen LogP contribution in [-0.2, 0) is 22.4 Å². The fraction of sp³-hybridized carbons (Fsp3) is 0.467. The van der Waals surface area contributed by atoms with Crippen LogP contribution in [0.5, 0.6) is 0 Å². The van der Waals surface area contributed by atoms with E-state index in [0.717, 1.165) is 46.8 Å². The lowest BCUT2D eigenvalue weighted by Gasteiger charge is -2.40. The predicted octanol–water partition coefficient (Wildman–Crippen LogP) is 4.22. The van der Waals surface area contributed by atoms with Gasteiger partial charge in [0.25, 0.3) is 5.91 Å². The van der Waals surface area contributed by atoms with E-state index in [1.807, 2.05) is 23.1 Å². The number of hydrogen-bond donors (Lipinski definition) is 2. The summed E-state index contributed by atoms with van der Waals surface area (Å²) in [5.74, 6) is -0.327. The normalized spacial score (nSPS) is 22.6. The Labute approximate surface area is 241 Å². The van der Waals surface area contributed by atoms with Gasteiger partial charge in [-0.05, 0) is 68.1 Å². The molecule has 4 aliphatic rings. The molecular formula is C30H31ClN6O4. The van der Waals surface area contributed by atoms with Crippen molar-refractivity contribution >= 4 is 35.0 Å². The average molecular weight is 575 g/mol. The monoisotopic (exact) mass is 574 g/mol. The topological polar surface area (TPSA) is 134 Å². The molecule has 7 rings (SSSR count). The molecule has 212 valence electrons. The van der Waals surface area contributed by atoms with Crippen molar-refractivity contribution in [2.24, 2.45) is 11.8 Å². The van der Waals surface area contributed by atoms with E-state index < -0.39 is 11.9 Å². The molecule has 2 unspecified atom stereocenters. The average Bonchev–Trinajstić information content (AvgIpc) is 3.53. The van der Waals surface area contributed by atoms with E-state index in [4.69, 9.17) is 16.7 Å². The number of allylic oxidation sites excluding steroid dienone is 2. The van der Waals surface area contributed by atoms with Crippen molar-refractivity contribution in [3.63, 3.8) is 0 Å². The van der Waals surface area contributed by atoms with Crippen molar-refractivity contribution in [1.82, 2.24) is 29.9 Å². The van der Waals surface area contributed by atoms with Crippen LogP contribution in [0, 0.1) is 11.8 Å². The van der Waals surface area contributed by atoms with Crippen LogP contribution < -0.4 is 0 Å². The number of nitrogens with zero attached hydrogens (tertiary/aromatic N) is 5. The number of aliphatic carboxylic acids is 1. The number of hydrogen-bond acceptors (Lipinski definition) is 6. The van der Waals surface area contributed by atoms with E-state index in [9.17, 15) is 19.5 Å². The Bertz CT molecular complexity index is 1570. The number of H-pyrrole nitrogens is 1.